The van der Waals surface area contributed by atoms with E-state index in [0.29, 0.717) is 25.3 Å². The molecular weight excluding hydrogens is 324 g/mol. The minimum Gasteiger partial charge on any atom is -0.366 e. The molecule has 1 amide bonds. The molecule has 2 heterocycles. The lowest BCUT2D eigenvalue weighted by Gasteiger charge is -2.25. The number of carbonyl (C=O) groups is 1. The van der Waals surface area contributed by atoms with E-state index >= 15 is 0 Å². The summed E-state index contributed by atoms with van der Waals surface area (Å²) in [5.74, 6) is 0.0933. The number of nitrogens with two attached hydrogens (primary N) is 1. The number of rotatable bonds is 4. The van der Waals surface area contributed by atoms with Crippen LogP contribution in [-0.2, 0) is 0 Å². The minimum absolute atomic E-state index is 0.107. The second-order valence-corrected chi connectivity index (χ2v) is 5.70. The predicted octanol–water partition coefficient (Wildman–Crippen LogP) is 1.20. The summed E-state index contributed by atoms with van der Waals surface area (Å²) in [6.07, 6.45) is 2.38. The van der Waals surface area contributed by atoms with Gasteiger partial charge in [-0.15, -0.1) is 5.10 Å². The van der Waals surface area contributed by atoms with Crippen LogP contribution in [0, 0.1) is 10.1 Å². The Morgan fingerprint density at radius 2 is 1.88 bits per heavy atom. The number of amides is 1. The standard InChI is InChI=1S/C16H18N6O3/c17-16(23)12-4-1-5-13(22(24)25)15(12)21-9-3-8-20(10-11-21)14-6-2-7-18-19-14/h1-2,4-7H,3,8-11H2,(H2,17,23). The Kier molecular flexibility index (Phi) is 4.73. The molecule has 2 aromatic rings. The average Bonchev–Trinajstić information content (AvgIpc) is 2.87. The van der Waals surface area contributed by atoms with Crippen LogP contribution in [0.15, 0.2) is 36.5 Å². The Hall–Kier alpha value is -3.23. The molecule has 2 N–H and O–H groups in total. The van der Waals surface area contributed by atoms with Crippen LogP contribution in [0.2, 0.25) is 0 Å². The fourth-order valence-corrected chi connectivity index (χ4v) is 3.04. The first-order chi connectivity index (χ1) is 12.1. The van der Waals surface area contributed by atoms with Gasteiger partial charge in [0.05, 0.1) is 10.5 Å². The van der Waals surface area contributed by atoms with Crippen LogP contribution < -0.4 is 15.5 Å². The second-order valence-electron chi connectivity index (χ2n) is 5.70. The third kappa shape index (κ3) is 3.49. The zero-order chi connectivity index (χ0) is 17.8. The van der Waals surface area contributed by atoms with Crippen molar-refractivity contribution in [2.45, 2.75) is 6.42 Å². The number of nitrogens with zero attached hydrogens (tertiary/aromatic N) is 5. The van der Waals surface area contributed by atoms with Gasteiger partial charge in [0, 0.05) is 38.4 Å². The predicted molar refractivity (Wildman–Crippen MR) is 92.7 cm³/mol. The second kappa shape index (κ2) is 7.12. The van der Waals surface area contributed by atoms with Crippen LogP contribution >= 0.6 is 0 Å². The molecule has 0 radical (unpaired) electrons. The topological polar surface area (TPSA) is 118 Å². The molecule has 0 atom stereocenters. The number of primary amides is 1. The van der Waals surface area contributed by atoms with Gasteiger partial charge in [0.2, 0.25) is 0 Å². The van der Waals surface area contributed by atoms with Crippen molar-refractivity contribution in [2.24, 2.45) is 5.73 Å². The third-order valence-corrected chi connectivity index (χ3v) is 4.17. The Balaban J connectivity index is 1.90. The van der Waals surface area contributed by atoms with Gasteiger partial charge in [0.15, 0.2) is 5.82 Å². The first-order valence-corrected chi connectivity index (χ1v) is 7.92. The van der Waals surface area contributed by atoms with Crippen LogP contribution in [0.4, 0.5) is 17.2 Å². The van der Waals surface area contributed by atoms with Crippen LogP contribution in [-0.4, -0.2) is 47.2 Å². The lowest BCUT2D eigenvalue weighted by molar-refractivity contribution is -0.384. The van der Waals surface area contributed by atoms with E-state index in [1.165, 1.54) is 18.2 Å². The molecule has 1 aromatic carbocycles. The molecule has 9 heteroatoms. The lowest BCUT2D eigenvalue weighted by atomic mass is 10.1. The number of hydrogen-bond donors (Lipinski definition) is 1. The summed E-state index contributed by atoms with van der Waals surface area (Å²) in [5.41, 5.74) is 5.78. The van der Waals surface area contributed by atoms with Gasteiger partial charge in [-0.25, -0.2) is 0 Å². The van der Waals surface area contributed by atoms with E-state index in [1.807, 2.05) is 17.0 Å². The molecule has 1 fully saturated rings. The maximum absolute atomic E-state index is 11.8. The van der Waals surface area contributed by atoms with E-state index in [1.54, 1.807) is 6.20 Å². The Bertz CT molecular complexity index is 750. The van der Waals surface area contributed by atoms with Crippen LogP contribution in [0.1, 0.15) is 16.8 Å². The number of carbonyl (C=O) groups excluding carboxylic acids is 1. The maximum Gasteiger partial charge on any atom is 0.293 e. The molecular formula is C16H18N6O3. The summed E-state index contributed by atoms with van der Waals surface area (Å²) >= 11 is 0. The summed E-state index contributed by atoms with van der Waals surface area (Å²) in [7, 11) is 0. The molecule has 0 saturated carbocycles. The number of benzene rings is 1. The summed E-state index contributed by atoms with van der Waals surface area (Å²) in [6.45, 7) is 2.47. The Morgan fingerprint density at radius 3 is 2.56 bits per heavy atom. The van der Waals surface area contributed by atoms with Crippen molar-refractivity contribution < 1.29 is 9.72 Å². The number of anilines is 2. The van der Waals surface area contributed by atoms with Gasteiger partial charge in [0.25, 0.3) is 11.6 Å². The highest BCUT2D eigenvalue weighted by molar-refractivity contribution is 6.00. The molecule has 1 saturated heterocycles. The van der Waals surface area contributed by atoms with Crippen molar-refractivity contribution in [1.29, 1.82) is 0 Å². The highest BCUT2D eigenvalue weighted by atomic mass is 16.6. The van der Waals surface area contributed by atoms with E-state index < -0.39 is 10.8 Å². The van der Waals surface area contributed by atoms with Gasteiger partial charge >= 0.3 is 0 Å². The number of aromatic nitrogens is 2. The van der Waals surface area contributed by atoms with Gasteiger partial charge in [-0.3, -0.25) is 14.9 Å². The summed E-state index contributed by atoms with van der Waals surface area (Å²) in [6, 6.07) is 8.09. The van der Waals surface area contributed by atoms with Crippen LogP contribution in [0.5, 0.6) is 0 Å². The SMILES string of the molecule is NC(=O)c1cccc([N+](=O)[O-])c1N1CCCN(c2cccnn2)CC1. The molecule has 1 aliphatic heterocycles. The number of hydrogen-bond acceptors (Lipinski definition) is 7. The van der Waals surface area contributed by atoms with Crippen LogP contribution in [0.25, 0.3) is 0 Å². The molecule has 0 spiro atoms. The van der Waals surface area contributed by atoms with Gasteiger partial charge in [-0.2, -0.15) is 5.10 Å². The van der Waals surface area contributed by atoms with Gasteiger partial charge in [-0.05, 0) is 24.6 Å². The monoisotopic (exact) mass is 342 g/mol. The fourth-order valence-electron chi connectivity index (χ4n) is 3.04. The van der Waals surface area contributed by atoms with Crippen molar-refractivity contribution >= 4 is 23.1 Å². The van der Waals surface area contributed by atoms with Gasteiger partial charge in [0.1, 0.15) is 5.69 Å². The first kappa shape index (κ1) is 16.6. The Morgan fingerprint density at radius 1 is 1.12 bits per heavy atom. The first-order valence-electron chi connectivity index (χ1n) is 7.92. The normalized spacial score (nSPS) is 14.9. The summed E-state index contributed by atoms with van der Waals surface area (Å²) in [5, 5.41) is 19.4. The summed E-state index contributed by atoms with van der Waals surface area (Å²) < 4.78 is 0. The van der Waals surface area contributed by atoms with Gasteiger partial charge in [-0.1, -0.05) is 6.07 Å². The van der Waals surface area contributed by atoms with E-state index in [4.69, 9.17) is 5.73 Å². The van der Waals surface area contributed by atoms with E-state index in [-0.39, 0.29) is 11.3 Å². The highest BCUT2D eigenvalue weighted by Gasteiger charge is 2.27. The minimum atomic E-state index is -0.672. The highest BCUT2D eigenvalue weighted by Crippen LogP contribution is 2.32. The number of nitro groups is 1. The van der Waals surface area contributed by atoms with Gasteiger partial charge < -0.3 is 15.5 Å². The maximum atomic E-state index is 11.8. The summed E-state index contributed by atoms with van der Waals surface area (Å²) in [4.78, 5) is 26.6. The molecule has 3 rings (SSSR count). The Labute approximate surface area is 144 Å². The zero-order valence-electron chi connectivity index (χ0n) is 13.5. The van der Waals surface area contributed by atoms with E-state index in [2.05, 4.69) is 15.1 Å². The smallest absolute Gasteiger partial charge is 0.293 e. The molecule has 0 unspecified atom stereocenters. The van der Waals surface area contributed by atoms with Crippen molar-refractivity contribution in [1.82, 2.24) is 10.2 Å². The number of para-hydroxylation sites is 1. The van der Waals surface area contributed by atoms with E-state index in [0.717, 1.165) is 18.8 Å². The van der Waals surface area contributed by atoms with Crippen molar-refractivity contribution in [3.63, 3.8) is 0 Å². The third-order valence-electron chi connectivity index (χ3n) is 4.17. The average molecular weight is 342 g/mol. The molecule has 1 aromatic heterocycles. The molecule has 0 aliphatic carbocycles. The molecule has 0 bridgehead atoms. The van der Waals surface area contributed by atoms with Crippen LogP contribution in [0.3, 0.4) is 0 Å². The largest absolute Gasteiger partial charge is 0.366 e. The molecule has 9 nitrogen and oxygen atoms in total. The fraction of sp³-hybridized carbons (Fsp3) is 0.312. The van der Waals surface area contributed by atoms with Crippen molar-refractivity contribution in [3.8, 4) is 0 Å². The lowest BCUT2D eigenvalue weighted by Crippen LogP contribution is -2.32. The van der Waals surface area contributed by atoms with Crippen molar-refractivity contribution in [2.75, 3.05) is 36.0 Å². The number of nitro benzene ring substituents is 1. The molecule has 130 valence electrons. The van der Waals surface area contributed by atoms with Crippen molar-refractivity contribution in [3.05, 3.63) is 52.2 Å². The quantitative estimate of drug-likeness (QED) is 0.655. The zero-order valence-corrected chi connectivity index (χ0v) is 13.5. The molecule has 1 aliphatic rings. The van der Waals surface area contributed by atoms with E-state index in [9.17, 15) is 14.9 Å². The molecule has 25 heavy (non-hydrogen) atoms.